The van der Waals surface area contributed by atoms with E-state index in [9.17, 15) is 4.79 Å². The Hall–Kier alpha value is -1.10. The molecule has 0 aromatic heterocycles. The summed E-state index contributed by atoms with van der Waals surface area (Å²) in [5.74, 6) is 0.324. The maximum atomic E-state index is 12.4. The number of benzene rings is 1. The van der Waals surface area contributed by atoms with Crippen LogP contribution >= 0.6 is 12.4 Å². The molecule has 0 bridgehead atoms. The van der Waals surface area contributed by atoms with Crippen LogP contribution in [0.4, 0.5) is 0 Å². The number of hydrogen-bond acceptors (Lipinski definition) is 3. The van der Waals surface area contributed by atoms with E-state index in [0.717, 1.165) is 24.8 Å². The average Bonchev–Trinajstić information content (AvgIpc) is 2.49. The summed E-state index contributed by atoms with van der Waals surface area (Å²) in [7, 11) is 1.57. The zero-order valence-electron chi connectivity index (χ0n) is 12.5. The van der Waals surface area contributed by atoms with E-state index < -0.39 is 6.10 Å². The maximum Gasteiger partial charge on any atom is 0.253 e. The minimum Gasteiger partial charge on any atom is -0.367 e. The number of amides is 1. The first-order chi connectivity index (χ1) is 9.76. The zero-order chi connectivity index (χ0) is 14.4. The molecule has 1 aromatic rings. The molecule has 0 aliphatic heterocycles. The summed E-state index contributed by atoms with van der Waals surface area (Å²) in [6.07, 6.45) is 3.94. The van der Waals surface area contributed by atoms with Crippen LogP contribution in [0.25, 0.3) is 0 Å². The molecular weight excluding hydrogens is 288 g/mol. The van der Waals surface area contributed by atoms with Crippen molar-refractivity contribution in [1.82, 2.24) is 5.32 Å². The molecule has 0 heterocycles. The van der Waals surface area contributed by atoms with Crippen LogP contribution in [0.2, 0.25) is 0 Å². The summed E-state index contributed by atoms with van der Waals surface area (Å²) in [4.78, 5) is 12.4. The van der Waals surface area contributed by atoms with Gasteiger partial charge in [-0.2, -0.15) is 0 Å². The van der Waals surface area contributed by atoms with Crippen molar-refractivity contribution >= 4 is 18.3 Å². The monoisotopic (exact) mass is 312 g/mol. The second-order valence-electron chi connectivity index (χ2n) is 5.42. The number of hydrogen-bond donors (Lipinski definition) is 2. The van der Waals surface area contributed by atoms with Crippen molar-refractivity contribution in [3.05, 3.63) is 35.9 Å². The van der Waals surface area contributed by atoms with Gasteiger partial charge in [-0.3, -0.25) is 4.79 Å². The Kier molecular flexibility index (Phi) is 7.72. The van der Waals surface area contributed by atoms with Crippen molar-refractivity contribution in [2.45, 2.75) is 37.8 Å². The van der Waals surface area contributed by atoms with Crippen LogP contribution in [0.3, 0.4) is 0 Å². The van der Waals surface area contributed by atoms with E-state index >= 15 is 0 Å². The molecule has 3 N–H and O–H groups in total. The van der Waals surface area contributed by atoms with Gasteiger partial charge in [0.05, 0.1) is 0 Å². The molecule has 2 rings (SSSR count). The summed E-state index contributed by atoms with van der Waals surface area (Å²) in [6, 6.07) is 9.77. The highest BCUT2D eigenvalue weighted by atomic mass is 35.5. The van der Waals surface area contributed by atoms with E-state index in [0.29, 0.717) is 12.5 Å². The highest BCUT2D eigenvalue weighted by Gasteiger charge is 2.28. The van der Waals surface area contributed by atoms with Gasteiger partial charge >= 0.3 is 0 Å². The standard InChI is InChI=1S/C16H24N2O2.ClH/c1-20-15(12-7-3-2-4-8-12)16(19)18-14-10-6-5-9-13(14)11-17;/h2-4,7-8,13-15H,5-6,9-11,17H2,1H3,(H,18,19);1H. The Morgan fingerprint density at radius 3 is 2.62 bits per heavy atom. The van der Waals surface area contributed by atoms with E-state index in [1.807, 2.05) is 30.3 Å². The van der Waals surface area contributed by atoms with E-state index in [2.05, 4.69) is 5.32 Å². The average molecular weight is 313 g/mol. The van der Waals surface area contributed by atoms with Crippen LogP contribution in [0.5, 0.6) is 0 Å². The molecule has 3 atom stereocenters. The van der Waals surface area contributed by atoms with Gasteiger partial charge in [-0.1, -0.05) is 43.2 Å². The van der Waals surface area contributed by atoms with Crippen molar-refractivity contribution in [3.8, 4) is 0 Å². The van der Waals surface area contributed by atoms with Crippen LogP contribution in [0.15, 0.2) is 30.3 Å². The lowest BCUT2D eigenvalue weighted by molar-refractivity contribution is -0.132. The van der Waals surface area contributed by atoms with Crippen LogP contribution < -0.4 is 11.1 Å². The highest BCUT2D eigenvalue weighted by molar-refractivity contribution is 5.85. The Morgan fingerprint density at radius 1 is 1.33 bits per heavy atom. The lowest BCUT2D eigenvalue weighted by Gasteiger charge is -2.32. The number of halogens is 1. The number of carbonyl (C=O) groups is 1. The third kappa shape index (κ3) is 4.70. The molecule has 21 heavy (non-hydrogen) atoms. The van der Waals surface area contributed by atoms with Crippen molar-refractivity contribution in [2.24, 2.45) is 11.7 Å². The summed E-state index contributed by atoms with van der Waals surface area (Å²) >= 11 is 0. The van der Waals surface area contributed by atoms with Crippen LogP contribution in [-0.4, -0.2) is 25.6 Å². The van der Waals surface area contributed by atoms with E-state index in [1.165, 1.54) is 6.42 Å². The van der Waals surface area contributed by atoms with Crippen molar-refractivity contribution in [1.29, 1.82) is 0 Å². The van der Waals surface area contributed by atoms with Crippen molar-refractivity contribution in [2.75, 3.05) is 13.7 Å². The second kappa shape index (κ2) is 9.03. The van der Waals surface area contributed by atoms with Gasteiger partial charge in [0.2, 0.25) is 0 Å². The van der Waals surface area contributed by atoms with Gasteiger partial charge in [-0.15, -0.1) is 12.4 Å². The van der Waals surface area contributed by atoms with Gasteiger partial charge in [0, 0.05) is 13.2 Å². The fourth-order valence-corrected chi connectivity index (χ4v) is 2.96. The number of carbonyl (C=O) groups excluding carboxylic acids is 1. The largest absolute Gasteiger partial charge is 0.367 e. The molecule has 0 spiro atoms. The Labute approximate surface area is 132 Å². The summed E-state index contributed by atoms with van der Waals surface area (Å²) in [5.41, 5.74) is 6.69. The molecule has 1 fully saturated rings. The van der Waals surface area contributed by atoms with Crippen LogP contribution in [0.1, 0.15) is 37.4 Å². The van der Waals surface area contributed by atoms with E-state index in [-0.39, 0.29) is 24.4 Å². The summed E-state index contributed by atoms with van der Waals surface area (Å²) < 4.78 is 5.37. The van der Waals surface area contributed by atoms with Crippen molar-refractivity contribution < 1.29 is 9.53 Å². The predicted octanol–water partition coefficient (Wildman–Crippen LogP) is 2.43. The van der Waals surface area contributed by atoms with Crippen LogP contribution in [-0.2, 0) is 9.53 Å². The molecule has 1 amide bonds. The molecule has 3 unspecified atom stereocenters. The molecule has 1 aliphatic rings. The van der Waals surface area contributed by atoms with Gasteiger partial charge < -0.3 is 15.8 Å². The molecule has 0 saturated heterocycles. The molecule has 5 heteroatoms. The molecule has 1 saturated carbocycles. The normalized spacial score (nSPS) is 23.0. The molecule has 1 aliphatic carbocycles. The fourth-order valence-electron chi connectivity index (χ4n) is 2.96. The first-order valence-corrected chi connectivity index (χ1v) is 7.34. The first kappa shape index (κ1) is 18.0. The number of methoxy groups -OCH3 is 1. The van der Waals surface area contributed by atoms with Crippen molar-refractivity contribution in [3.63, 3.8) is 0 Å². The minimum atomic E-state index is -0.545. The van der Waals surface area contributed by atoms with Gasteiger partial charge in [-0.25, -0.2) is 0 Å². The molecule has 1 aromatic carbocycles. The third-order valence-electron chi connectivity index (χ3n) is 4.12. The molecular formula is C16H25ClN2O2. The second-order valence-corrected chi connectivity index (χ2v) is 5.42. The highest BCUT2D eigenvalue weighted by Crippen LogP contribution is 2.25. The zero-order valence-corrected chi connectivity index (χ0v) is 13.3. The Morgan fingerprint density at radius 2 is 2.00 bits per heavy atom. The van der Waals surface area contributed by atoms with Gasteiger partial charge in [-0.05, 0) is 30.9 Å². The third-order valence-corrected chi connectivity index (χ3v) is 4.12. The first-order valence-electron chi connectivity index (χ1n) is 7.34. The Balaban J connectivity index is 0.00000220. The maximum absolute atomic E-state index is 12.4. The molecule has 4 nitrogen and oxygen atoms in total. The Bertz CT molecular complexity index is 428. The SMILES string of the molecule is COC(C(=O)NC1CCCCC1CN)c1ccccc1.Cl. The van der Waals surface area contributed by atoms with Gasteiger partial charge in [0.25, 0.3) is 5.91 Å². The lowest BCUT2D eigenvalue weighted by Crippen LogP contribution is -2.46. The number of nitrogens with two attached hydrogens (primary N) is 1. The van der Waals surface area contributed by atoms with Gasteiger partial charge in [0.15, 0.2) is 6.10 Å². The molecule has 118 valence electrons. The number of ether oxygens (including phenoxy) is 1. The minimum absolute atomic E-state index is 0. The quantitative estimate of drug-likeness (QED) is 0.877. The van der Waals surface area contributed by atoms with E-state index in [4.69, 9.17) is 10.5 Å². The van der Waals surface area contributed by atoms with Crippen LogP contribution in [0, 0.1) is 5.92 Å². The summed E-state index contributed by atoms with van der Waals surface area (Å²) in [5, 5.41) is 3.13. The number of nitrogens with one attached hydrogen (secondary N) is 1. The topological polar surface area (TPSA) is 64.3 Å². The fraction of sp³-hybridized carbons (Fsp3) is 0.562. The predicted molar refractivity (Wildman–Crippen MR) is 86.4 cm³/mol. The van der Waals surface area contributed by atoms with Gasteiger partial charge in [0.1, 0.15) is 0 Å². The summed E-state index contributed by atoms with van der Waals surface area (Å²) in [6.45, 7) is 0.633. The smallest absolute Gasteiger partial charge is 0.253 e. The van der Waals surface area contributed by atoms with E-state index in [1.54, 1.807) is 7.11 Å². The molecule has 0 radical (unpaired) electrons. The number of rotatable bonds is 5. The lowest BCUT2D eigenvalue weighted by atomic mass is 9.84.